The minimum Gasteiger partial charge on any atom is -0.372 e. The fraction of sp³-hybridized carbons (Fsp3) is 0.167. The number of halogens is 2. The Morgan fingerprint density at radius 1 is 1.06 bits per heavy atom. The van der Waals surface area contributed by atoms with E-state index >= 15 is 0 Å². The summed E-state index contributed by atoms with van der Waals surface area (Å²) in [5, 5.41) is 10.4. The van der Waals surface area contributed by atoms with E-state index in [1.807, 2.05) is 0 Å². The number of anilines is 1. The molecule has 0 aliphatic carbocycles. The van der Waals surface area contributed by atoms with Gasteiger partial charge in [-0.25, -0.2) is 8.78 Å². The van der Waals surface area contributed by atoms with Gasteiger partial charge < -0.3 is 5.32 Å². The topological polar surface area (TPSA) is 37.8 Å². The molecular formula is C12H11F2N3. The minimum absolute atomic E-state index is 0.114. The summed E-state index contributed by atoms with van der Waals surface area (Å²) in [7, 11) is 1.70. The van der Waals surface area contributed by atoms with Crippen LogP contribution in [0, 0.1) is 18.6 Å². The van der Waals surface area contributed by atoms with Crippen LogP contribution in [0.25, 0.3) is 11.3 Å². The third-order valence-corrected chi connectivity index (χ3v) is 2.44. The van der Waals surface area contributed by atoms with E-state index in [0.717, 1.165) is 12.1 Å². The summed E-state index contributed by atoms with van der Waals surface area (Å²) in [6.45, 7) is 1.51. The standard InChI is InChI=1S/C12H11F2N3/c1-7-5-10(14)8(6-9(7)13)11-3-4-12(15-2)17-16-11/h3-6H,1-2H3,(H,15,17). The number of hydrogen-bond acceptors (Lipinski definition) is 3. The SMILES string of the molecule is CNc1ccc(-c2cc(F)c(C)cc2F)nn1. The van der Waals surface area contributed by atoms with Crippen LogP contribution in [0.1, 0.15) is 5.56 Å². The molecule has 88 valence electrons. The predicted molar refractivity (Wildman–Crippen MR) is 61.7 cm³/mol. The molecule has 0 aliphatic heterocycles. The fourth-order valence-electron chi connectivity index (χ4n) is 1.45. The van der Waals surface area contributed by atoms with Crippen molar-refractivity contribution in [2.24, 2.45) is 0 Å². The number of hydrogen-bond donors (Lipinski definition) is 1. The van der Waals surface area contributed by atoms with Crippen molar-refractivity contribution in [3.63, 3.8) is 0 Å². The molecule has 0 spiro atoms. The summed E-state index contributed by atoms with van der Waals surface area (Å²) in [5.74, 6) is -0.391. The second kappa shape index (κ2) is 4.45. The minimum atomic E-state index is -0.504. The second-order valence-corrected chi connectivity index (χ2v) is 3.64. The average molecular weight is 235 g/mol. The van der Waals surface area contributed by atoms with Crippen LogP contribution in [0.5, 0.6) is 0 Å². The van der Waals surface area contributed by atoms with E-state index in [9.17, 15) is 8.78 Å². The van der Waals surface area contributed by atoms with E-state index in [1.165, 1.54) is 6.92 Å². The summed E-state index contributed by atoms with van der Waals surface area (Å²) in [6.07, 6.45) is 0. The summed E-state index contributed by atoms with van der Waals surface area (Å²) in [6, 6.07) is 5.53. The lowest BCUT2D eigenvalue weighted by Crippen LogP contribution is -1.97. The van der Waals surface area contributed by atoms with Crippen molar-refractivity contribution in [3.8, 4) is 11.3 Å². The number of aryl methyl sites for hydroxylation is 1. The van der Waals surface area contributed by atoms with Crippen molar-refractivity contribution < 1.29 is 8.78 Å². The maximum absolute atomic E-state index is 13.6. The molecule has 3 nitrogen and oxygen atoms in total. The van der Waals surface area contributed by atoms with E-state index in [2.05, 4.69) is 15.5 Å². The lowest BCUT2D eigenvalue weighted by Gasteiger charge is -2.05. The van der Waals surface area contributed by atoms with Gasteiger partial charge in [0, 0.05) is 12.6 Å². The van der Waals surface area contributed by atoms with Crippen LogP contribution in [-0.2, 0) is 0 Å². The molecule has 0 unspecified atom stereocenters. The summed E-state index contributed by atoms with van der Waals surface area (Å²) in [5.41, 5.74) is 0.690. The molecule has 0 saturated heterocycles. The molecule has 0 amide bonds. The van der Waals surface area contributed by atoms with E-state index in [4.69, 9.17) is 0 Å². The average Bonchev–Trinajstić information content (AvgIpc) is 2.34. The normalized spacial score (nSPS) is 10.4. The number of nitrogens with one attached hydrogen (secondary N) is 1. The summed E-state index contributed by atoms with van der Waals surface area (Å²) >= 11 is 0. The monoisotopic (exact) mass is 235 g/mol. The van der Waals surface area contributed by atoms with Crippen molar-refractivity contribution in [2.75, 3.05) is 12.4 Å². The molecule has 0 aliphatic rings. The number of nitrogens with zero attached hydrogens (tertiary/aromatic N) is 2. The van der Waals surface area contributed by atoms with Crippen LogP contribution in [0.2, 0.25) is 0 Å². The zero-order valence-electron chi connectivity index (χ0n) is 9.46. The predicted octanol–water partition coefficient (Wildman–Crippen LogP) is 2.77. The molecule has 17 heavy (non-hydrogen) atoms. The van der Waals surface area contributed by atoms with Gasteiger partial charge in [0.2, 0.25) is 0 Å². The molecule has 1 aromatic carbocycles. The van der Waals surface area contributed by atoms with Gasteiger partial charge in [-0.05, 0) is 36.8 Å². The Hall–Kier alpha value is -2.04. The smallest absolute Gasteiger partial charge is 0.148 e. The molecule has 1 aromatic heterocycles. The summed E-state index contributed by atoms with van der Waals surface area (Å²) < 4.78 is 27.0. The zero-order chi connectivity index (χ0) is 12.4. The van der Waals surface area contributed by atoms with Crippen molar-refractivity contribution in [2.45, 2.75) is 6.92 Å². The van der Waals surface area contributed by atoms with Gasteiger partial charge in [0.1, 0.15) is 17.5 Å². The lowest BCUT2D eigenvalue weighted by molar-refractivity contribution is 0.594. The van der Waals surface area contributed by atoms with E-state index in [1.54, 1.807) is 19.2 Å². The van der Waals surface area contributed by atoms with Gasteiger partial charge in [-0.3, -0.25) is 0 Å². The van der Waals surface area contributed by atoms with Gasteiger partial charge in [0.25, 0.3) is 0 Å². The third-order valence-electron chi connectivity index (χ3n) is 2.44. The van der Waals surface area contributed by atoms with E-state index < -0.39 is 11.6 Å². The van der Waals surface area contributed by atoms with Gasteiger partial charge in [0.05, 0.1) is 5.69 Å². The molecule has 1 N–H and O–H groups in total. The number of rotatable bonds is 2. The number of benzene rings is 1. The van der Waals surface area contributed by atoms with Crippen molar-refractivity contribution in [1.29, 1.82) is 0 Å². The zero-order valence-corrected chi connectivity index (χ0v) is 9.46. The second-order valence-electron chi connectivity index (χ2n) is 3.64. The molecule has 0 radical (unpaired) electrons. The first-order chi connectivity index (χ1) is 8.11. The van der Waals surface area contributed by atoms with Crippen LogP contribution in [-0.4, -0.2) is 17.2 Å². The first-order valence-corrected chi connectivity index (χ1v) is 5.09. The molecule has 2 rings (SSSR count). The maximum atomic E-state index is 13.6. The van der Waals surface area contributed by atoms with E-state index in [-0.39, 0.29) is 11.1 Å². The van der Waals surface area contributed by atoms with Crippen molar-refractivity contribution in [3.05, 3.63) is 41.5 Å². The van der Waals surface area contributed by atoms with Crippen molar-refractivity contribution >= 4 is 5.82 Å². The summed E-state index contributed by atoms with van der Waals surface area (Å²) in [4.78, 5) is 0. The van der Waals surface area contributed by atoms with Crippen molar-refractivity contribution in [1.82, 2.24) is 10.2 Å². The molecule has 0 atom stereocenters. The Bertz CT molecular complexity index is 538. The Morgan fingerprint density at radius 2 is 1.82 bits per heavy atom. The van der Waals surface area contributed by atoms with Crippen LogP contribution in [0.15, 0.2) is 24.3 Å². The molecule has 5 heteroatoms. The molecule has 2 aromatic rings. The highest BCUT2D eigenvalue weighted by molar-refractivity contribution is 5.61. The van der Waals surface area contributed by atoms with Gasteiger partial charge in [-0.15, -0.1) is 10.2 Å². The van der Waals surface area contributed by atoms with Gasteiger partial charge in [-0.1, -0.05) is 0 Å². The highest BCUT2D eigenvalue weighted by atomic mass is 19.1. The Labute approximate surface area is 97.5 Å². The molecule has 1 heterocycles. The van der Waals surface area contributed by atoms with Crippen LogP contribution in [0.3, 0.4) is 0 Å². The molecular weight excluding hydrogens is 224 g/mol. The highest BCUT2D eigenvalue weighted by Gasteiger charge is 2.10. The molecule has 0 fully saturated rings. The van der Waals surface area contributed by atoms with Crippen LogP contribution < -0.4 is 5.32 Å². The first-order valence-electron chi connectivity index (χ1n) is 5.09. The number of aromatic nitrogens is 2. The Morgan fingerprint density at radius 3 is 2.41 bits per heavy atom. The van der Waals surface area contributed by atoms with Crippen LogP contribution in [0.4, 0.5) is 14.6 Å². The Balaban J connectivity index is 2.48. The van der Waals surface area contributed by atoms with Gasteiger partial charge in [-0.2, -0.15) is 0 Å². The molecule has 0 bridgehead atoms. The van der Waals surface area contributed by atoms with Gasteiger partial charge >= 0.3 is 0 Å². The largest absolute Gasteiger partial charge is 0.372 e. The van der Waals surface area contributed by atoms with Gasteiger partial charge in [0.15, 0.2) is 0 Å². The molecule has 0 saturated carbocycles. The van der Waals surface area contributed by atoms with E-state index in [0.29, 0.717) is 11.5 Å². The highest BCUT2D eigenvalue weighted by Crippen LogP contribution is 2.23. The maximum Gasteiger partial charge on any atom is 0.148 e. The first kappa shape index (κ1) is 11.4. The third kappa shape index (κ3) is 2.22. The quantitative estimate of drug-likeness (QED) is 0.869. The van der Waals surface area contributed by atoms with Crippen LogP contribution >= 0.6 is 0 Å². The Kier molecular flexibility index (Phi) is 2.99. The fourth-order valence-corrected chi connectivity index (χ4v) is 1.45. The lowest BCUT2D eigenvalue weighted by atomic mass is 10.1.